The van der Waals surface area contributed by atoms with Gasteiger partial charge in [0.2, 0.25) is 5.91 Å². The highest BCUT2D eigenvalue weighted by Crippen LogP contribution is 2.28. The van der Waals surface area contributed by atoms with Crippen molar-refractivity contribution < 1.29 is 14.0 Å². The van der Waals surface area contributed by atoms with Gasteiger partial charge in [0.1, 0.15) is 6.04 Å². The highest BCUT2D eigenvalue weighted by atomic mass is 16.3. The summed E-state index contributed by atoms with van der Waals surface area (Å²) in [5.41, 5.74) is 7.03. The van der Waals surface area contributed by atoms with E-state index in [1.165, 1.54) is 6.26 Å². The molecule has 0 radical (unpaired) electrons. The Bertz CT molecular complexity index is 771. The normalized spacial score (nSPS) is 20.1. The molecule has 0 bridgehead atoms. The molecule has 1 aliphatic rings. The van der Waals surface area contributed by atoms with E-state index in [-0.39, 0.29) is 29.0 Å². The molecule has 3 rings (SSSR count). The van der Waals surface area contributed by atoms with E-state index in [9.17, 15) is 9.59 Å². The van der Waals surface area contributed by atoms with Gasteiger partial charge in [0.15, 0.2) is 5.76 Å². The zero-order chi connectivity index (χ0) is 19.4. The summed E-state index contributed by atoms with van der Waals surface area (Å²) in [5, 5.41) is 2.85. The molecule has 27 heavy (non-hydrogen) atoms. The molecule has 0 saturated carbocycles. The Kier molecular flexibility index (Phi) is 5.65. The number of nitrogens with one attached hydrogen (secondary N) is 1. The number of carbonyl (C=O) groups excluding carboxylic acids is 2. The van der Waals surface area contributed by atoms with Gasteiger partial charge in [-0.2, -0.15) is 0 Å². The molecule has 2 amide bonds. The third kappa shape index (κ3) is 4.57. The highest BCUT2D eigenvalue weighted by Gasteiger charge is 2.37. The summed E-state index contributed by atoms with van der Waals surface area (Å²) in [4.78, 5) is 27.5. The minimum absolute atomic E-state index is 0.0619. The van der Waals surface area contributed by atoms with Crippen LogP contribution < -0.4 is 11.1 Å². The van der Waals surface area contributed by atoms with E-state index in [4.69, 9.17) is 10.2 Å². The van der Waals surface area contributed by atoms with Crippen molar-refractivity contribution in [2.45, 2.75) is 38.8 Å². The molecule has 1 aromatic carbocycles. The van der Waals surface area contributed by atoms with Crippen LogP contribution in [0.15, 0.2) is 53.1 Å². The van der Waals surface area contributed by atoms with Crippen LogP contribution in [-0.2, 0) is 11.2 Å². The van der Waals surface area contributed by atoms with Gasteiger partial charge in [-0.25, -0.2) is 0 Å². The molecule has 2 atom stereocenters. The van der Waals surface area contributed by atoms with Gasteiger partial charge in [0.05, 0.1) is 6.26 Å². The summed E-state index contributed by atoms with van der Waals surface area (Å²) < 4.78 is 5.17. The van der Waals surface area contributed by atoms with Crippen molar-refractivity contribution in [3.63, 3.8) is 0 Å². The Balaban J connectivity index is 1.78. The second-order valence-corrected chi connectivity index (χ2v) is 7.84. The molecule has 1 saturated heterocycles. The molecule has 0 aliphatic carbocycles. The van der Waals surface area contributed by atoms with Crippen LogP contribution in [0, 0.1) is 5.41 Å². The lowest BCUT2D eigenvalue weighted by Gasteiger charge is -2.43. The summed E-state index contributed by atoms with van der Waals surface area (Å²) in [6, 6.07) is 12.3. The maximum Gasteiger partial charge on any atom is 0.287 e. The molecule has 1 aromatic heterocycles. The van der Waals surface area contributed by atoms with E-state index in [0.29, 0.717) is 19.5 Å². The van der Waals surface area contributed by atoms with Gasteiger partial charge >= 0.3 is 0 Å². The maximum absolute atomic E-state index is 13.2. The Labute approximate surface area is 159 Å². The molecule has 6 heteroatoms. The van der Waals surface area contributed by atoms with E-state index >= 15 is 0 Å². The van der Waals surface area contributed by atoms with E-state index in [2.05, 4.69) is 19.2 Å². The molecule has 1 fully saturated rings. The lowest BCUT2D eigenvalue weighted by atomic mass is 9.79. The third-order valence-corrected chi connectivity index (χ3v) is 5.25. The molecule has 0 spiro atoms. The monoisotopic (exact) mass is 369 g/mol. The van der Waals surface area contributed by atoms with E-state index in [0.717, 1.165) is 12.0 Å². The number of amides is 2. The first-order valence-corrected chi connectivity index (χ1v) is 9.29. The van der Waals surface area contributed by atoms with Crippen LogP contribution in [0.5, 0.6) is 0 Å². The average molecular weight is 369 g/mol. The first-order chi connectivity index (χ1) is 12.9. The van der Waals surface area contributed by atoms with Crippen LogP contribution in [0.4, 0.5) is 0 Å². The predicted octanol–water partition coefficient (Wildman–Crippen LogP) is 2.21. The summed E-state index contributed by atoms with van der Waals surface area (Å²) in [6.07, 6.45) is 2.62. The third-order valence-electron chi connectivity index (χ3n) is 5.25. The average Bonchev–Trinajstić information content (AvgIpc) is 3.18. The number of likely N-dealkylation sites (tertiary alicyclic amines) is 1. The van der Waals surface area contributed by atoms with Crippen LogP contribution in [0.2, 0.25) is 0 Å². The van der Waals surface area contributed by atoms with Gasteiger partial charge in [-0.1, -0.05) is 44.2 Å². The Hall–Kier alpha value is -2.60. The smallest absolute Gasteiger partial charge is 0.287 e. The first-order valence-electron chi connectivity index (χ1n) is 9.29. The summed E-state index contributed by atoms with van der Waals surface area (Å²) >= 11 is 0. The van der Waals surface area contributed by atoms with Crippen molar-refractivity contribution in [2.75, 3.05) is 13.1 Å². The van der Waals surface area contributed by atoms with Crippen LogP contribution in [0.3, 0.4) is 0 Å². The van der Waals surface area contributed by atoms with E-state index in [1.54, 1.807) is 12.1 Å². The van der Waals surface area contributed by atoms with Crippen LogP contribution in [0.1, 0.15) is 36.4 Å². The van der Waals surface area contributed by atoms with Crippen molar-refractivity contribution in [1.29, 1.82) is 0 Å². The van der Waals surface area contributed by atoms with E-state index in [1.807, 2.05) is 35.2 Å². The summed E-state index contributed by atoms with van der Waals surface area (Å²) in [7, 11) is 0. The minimum Gasteiger partial charge on any atom is -0.459 e. The number of nitrogens with two attached hydrogens (primary N) is 1. The fourth-order valence-electron chi connectivity index (χ4n) is 3.47. The molecular formula is C21H27N3O3. The molecule has 2 unspecified atom stereocenters. The van der Waals surface area contributed by atoms with Crippen LogP contribution in [0.25, 0.3) is 0 Å². The molecule has 3 N–H and O–H groups in total. The second kappa shape index (κ2) is 7.96. The fraction of sp³-hybridized carbons (Fsp3) is 0.429. The standard InChI is InChI=1S/C21H27N3O3/c1-21(2)14-24(11-10-18(21)22)20(26)16(13-15-7-4-3-5-8-15)23-19(25)17-9-6-12-27-17/h3-9,12,16,18H,10-11,13-14,22H2,1-2H3,(H,23,25). The van der Waals surface area contributed by atoms with E-state index < -0.39 is 6.04 Å². The maximum atomic E-state index is 13.2. The fourth-order valence-corrected chi connectivity index (χ4v) is 3.47. The number of hydrogen-bond acceptors (Lipinski definition) is 4. The number of nitrogens with zero attached hydrogens (tertiary/aromatic N) is 1. The van der Waals surface area contributed by atoms with Gasteiger partial charge < -0.3 is 20.4 Å². The van der Waals surface area contributed by atoms with Crippen LogP contribution in [-0.4, -0.2) is 41.9 Å². The van der Waals surface area contributed by atoms with Gasteiger partial charge in [-0.05, 0) is 29.5 Å². The van der Waals surface area contributed by atoms with Gasteiger partial charge in [-0.15, -0.1) is 0 Å². The Morgan fingerprint density at radius 2 is 2.00 bits per heavy atom. The molecule has 2 heterocycles. The Morgan fingerprint density at radius 1 is 1.26 bits per heavy atom. The lowest BCUT2D eigenvalue weighted by molar-refractivity contribution is -0.136. The zero-order valence-corrected chi connectivity index (χ0v) is 15.9. The molecule has 144 valence electrons. The van der Waals surface area contributed by atoms with Crippen molar-refractivity contribution in [3.05, 3.63) is 60.1 Å². The second-order valence-electron chi connectivity index (χ2n) is 7.84. The SMILES string of the molecule is CC1(C)CN(C(=O)C(Cc2ccccc2)NC(=O)c2ccco2)CCC1N. The number of rotatable bonds is 5. The van der Waals surface area contributed by atoms with Crippen molar-refractivity contribution in [2.24, 2.45) is 11.1 Å². The lowest BCUT2D eigenvalue weighted by Crippen LogP contribution is -2.58. The number of carbonyl (C=O) groups is 2. The Morgan fingerprint density at radius 3 is 2.63 bits per heavy atom. The van der Waals surface area contributed by atoms with Gasteiger partial charge in [0, 0.05) is 25.6 Å². The van der Waals surface area contributed by atoms with Crippen molar-refractivity contribution >= 4 is 11.8 Å². The topological polar surface area (TPSA) is 88.6 Å². The van der Waals surface area contributed by atoms with Gasteiger partial charge in [-0.3, -0.25) is 9.59 Å². The predicted molar refractivity (Wildman–Crippen MR) is 103 cm³/mol. The number of benzene rings is 1. The molecular weight excluding hydrogens is 342 g/mol. The largest absolute Gasteiger partial charge is 0.459 e. The zero-order valence-electron chi connectivity index (χ0n) is 15.9. The minimum atomic E-state index is -0.657. The first kappa shape index (κ1) is 19.2. The van der Waals surface area contributed by atoms with Crippen molar-refractivity contribution in [3.8, 4) is 0 Å². The van der Waals surface area contributed by atoms with Crippen LogP contribution >= 0.6 is 0 Å². The number of hydrogen-bond donors (Lipinski definition) is 2. The molecule has 1 aliphatic heterocycles. The molecule has 6 nitrogen and oxygen atoms in total. The van der Waals surface area contributed by atoms with Gasteiger partial charge in [0.25, 0.3) is 5.91 Å². The summed E-state index contributed by atoms with van der Waals surface area (Å²) in [6.45, 7) is 5.33. The number of piperidine rings is 1. The quantitative estimate of drug-likeness (QED) is 0.846. The molecule has 2 aromatic rings. The summed E-state index contributed by atoms with van der Waals surface area (Å²) in [5.74, 6) is -0.275. The highest BCUT2D eigenvalue weighted by molar-refractivity contribution is 5.95. The number of furan rings is 1. The van der Waals surface area contributed by atoms with Crippen molar-refractivity contribution in [1.82, 2.24) is 10.2 Å².